The number of aliphatic hydroxyl groups excluding tert-OH is 2. The second-order valence-electron chi connectivity index (χ2n) is 4.30. The van der Waals surface area contributed by atoms with E-state index >= 15 is 0 Å². The molecule has 88 valence electrons. The van der Waals surface area contributed by atoms with Gasteiger partial charge in [0, 0.05) is 12.7 Å². The molecule has 2 N–H and O–H groups in total. The number of aromatic nitrogens is 1. The van der Waals surface area contributed by atoms with E-state index in [-0.39, 0.29) is 12.6 Å². The lowest BCUT2D eigenvalue weighted by atomic mass is 10.1. The molecule has 0 amide bonds. The molecule has 0 aromatic carbocycles. The van der Waals surface area contributed by atoms with Crippen molar-refractivity contribution in [1.82, 2.24) is 4.98 Å². The molecule has 1 saturated heterocycles. The van der Waals surface area contributed by atoms with Crippen molar-refractivity contribution in [2.75, 3.05) is 18.1 Å². The van der Waals surface area contributed by atoms with Gasteiger partial charge in [-0.25, -0.2) is 4.98 Å². The molecule has 0 aliphatic carbocycles. The summed E-state index contributed by atoms with van der Waals surface area (Å²) in [4.78, 5) is 6.42. The van der Waals surface area contributed by atoms with Gasteiger partial charge in [-0.05, 0) is 37.5 Å². The molecule has 2 atom stereocenters. The van der Waals surface area contributed by atoms with Crippen LogP contribution in [0.3, 0.4) is 0 Å². The molecule has 2 heterocycles. The maximum absolute atomic E-state index is 9.52. The van der Waals surface area contributed by atoms with Crippen LogP contribution in [-0.2, 0) is 0 Å². The van der Waals surface area contributed by atoms with Gasteiger partial charge in [0.15, 0.2) is 0 Å². The number of hydrogen-bond donors (Lipinski definition) is 2. The summed E-state index contributed by atoms with van der Waals surface area (Å²) in [6, 6.07) is 3.90. The summed E-state index contributed by atoms with van der Waals surface area (Å²) in [5, 5.41) is 18.8. The summed E-state index contributed by atoms with van der Waals surface area (Å²) in [7, 11) is 0. The van der Waals surface area contributed by atoms with Crippen molar-refractivity contribution in [2.24, 2.45) is 0 Å². The predicted octanol–water partition coefficient (Wildman–Crippen LogP) is 1.10. The highest BCUT2D eigenvalue weighted by Crippen LogP contribution is 2.25. The van der Waals surface area contributed by atoms with E-state index in [4.69, 9.17) is 0 Å². The van der Waals surface area contributed by atoms with Crippen LogP contribution in [0.15, 0.2) is 18.3 Å². The molecule has 1 aliphatic rings. The van der Waals surface area contributed by atoms with Crippen LogP contribution in [0.1, 0.15) is 31.4 Å². The van der Waals surface area contributed by atoms with Gasteiger partial charge in [-0.15, -0.1) is 0 Å². The first kappa shape index (κ1) is 11.4. The van der Waals surface area contributed by atoms with Crippen molar-refractivity contribution >= 4 is 5.82 Å². The summed E-state index contributed by atoms with van der Waals surface area (Å²) in [5.74, 6) is 0.856. The van der Waals surface area contributed by atoms with Crippen LogP contribution in [0.2, 0.25) is 0 Å². The van der Waals surface area contributed by atoms with Gasteiger partial charge in [-0.1, -0.05) is 0 Å². The van der Waals surface area contributed by atoms with E-state index in [1.165, 1.54) is 0 Å². The maximum Gasteiger partial charge on any atom is 0.129 e. The lowest BCUT2D eigenvalue weighted by Crippen LogP contribution is -2.32. The van der Waals surface area contributed by atoms with Crippen molar-refractivity contribution < 1.29 is 10.2 Å². The molecule has 4 nitrogen and oxygen atoms in total. The monoisotopic (exact) mass is 222 g/mol. The number of pyridine rings is 1. The fourth-order valence-corrected chi connectivity index (χ4v) is 2.18. The number of nitrogens with zero attached hydrogens (tertiary/aromatic N) is 2. The molecule has 1 fully saturated rings. The van der Waals surface area contributed by atoms with E-state index in [0.717, 1.165) is 30.8 Å². The first-order valence-corrected chi connectivity index (χ1v) is 5.74. The first-order valence-electron chi connectivity index (χ1n) is 5.74. The maximum atomic E-state index is 9.52. The average molecular weight is 222 g/mol. The summed E-state index contributed by atoms with van der Waals surface area (Å²) in [6.07, 6.45) is 3.34. The third kappa shape index (κ3) is 2.18. The molecular weight excluding hydrogens is 204 g/mol. The molecular formula is C12H18N2O2. The van der Waals surface area contributed by atoms with Crippen LogP contribution in [0.5, 0.6) is 0 Å². The minimum Gasteiger partial charge on any atom is -0.394 e. The minimum atomic E-state index is -0.475. The zero-order chi connectivity index (χ0) is 11.5. The van der Waals surface area contributed by atoms with Crippen molar-refractivity contribution in [3.05, 3.63) is 23.9 Å². The SMILES string of the molecule is C[C@H](O)c1ccnc(N2CCCC2CO)c1. The van der Waals surface area contributed by atoms with Crippen LogP contribution in [0, 0.1) is 0 Å². The van der Waals surface area contributed by atoms with Gasteiger partial charge in [-0.3, -0.25) is 0 Å². The van der Waals surface area contributed by atoms with Crippen LogP contribution in [-0.4, -0.2) is 34.4 Å². The molecule has 4 heteroatoms. The van der Waals surface area contributed by atoms with Gasteiger partial charge in [0.2, 0.25) is 0 Å². The Morgan fingerprint density at radius 1 is 1.62 bits per heavy atom. The van der Waals surface area contributed by atoms with Crippen molar-refractivity contribution in [3.63, 3.8) is 0 Å². The van der Waals surface area contributed by atoms with E-state index in [0.29, 0.717) is 0 Å². The van der Waals surface area contributed by atoms with E-state index in [1.807, 2.05) is 12.1 Å². The second kappa shape index (κ2) is 4.80. The predicted molar refractivity (Wildman–Crippen MR) is 62.3 cm³/mol. The summed E-state index contributed by atoms with van der Waals surface area (Å²) in [6.45, 7) is 2.84. The van der Waals surface area contributed by atoms with Gasteiger partial charge in [0.25, 0.3) is 0 Å². The van der Waals surface area contributed by atoms with Crippen LogP contribution in [0.4, 0.5) is 5.82 Å². The van der Waals surface area contributed by atoms with Crippen LogP contribution in [0.25, 0.3) is 0 Å². The molecule has 0 spiro atoms. The highest BCUT2D eigenvalue weighted by molar-refractivity contribution is 5.43. The zero-order valence-corrected chi connectivity index (χ0v) is 9.50. The smallest absolute Gasteiger partial charge is 0.129 e. The van der Waals surface area contributed by atoms with Crippen LogP contribution < -0.4 is 4.90 Å². The van der Waals surface area contributed by atoms with Gasteiger partial charge < -0.3 is 15.1 Å². The zero-order valence-electron chi connectivity index (χ0n) is 9.50. The summed E-state index contributed by atoms with van der Waals surface area (Å²) < 4.78 is 0. The Morgan fingerprint density at radius 2 is 2.44 bits per heavy atom. The second-order valence-corrected chi connectivity index (χ2v) is 4.30. The normalized spacial score (nSPS) is 22.4. The summed E-state index contributed by atoms with van der Waals surface area (Å²) in [5.41, 5.74) is 0.869. The molecule has 1 aromatic rings. The number of rotatable bonds is 3. The third-order valence-electron chi connectivity index (χ3n) is 3.13. The highest BCUT2D eigenvalue weighted by atomic mass is 16.3. The fraction of sp³-hybridized carbons (Fsp3) is 0.583. The fourth-order valence-electron chi connectivity index (χ4n) is 2.18. The van der Waals surface area contributed by atoms with Gasteiger partial charge in [0.1, 0.15) is 5.82 Å². The topological polar surface area (TPSA) is 56.6 Å². The van der Waals surface area contributed by atoms with Crippen molar-refractivity contribution in [1.29, 1.82) is 0 Å². The van der Waals surface area contributed by atoms with E-state index < -0.39 is 6.10 Å². The number of hydrogen-bond acceptors (Lipinski definition) is 4. The van der Waals surface area contributed by atoms with E-state index in [9.17, 15) is 10.2 Å². The third-order valence-corrected chi connectivity index (χ3v) is 3.13. The van der Waals surface area contributed by atoms with E-state index in [2.05, 4.69) is 9.88 Å². The molecule has 2 rings (SSSR count). The number of anilines is 1. The average Bonchev–Trinajstić information content (AvgIpc) is 2.77. The quantitative estimate of drug-likeness (QED) is 0.804. The highest BCUT2D eigenvalue weighted by Gasteiger charge is 2.24. The Bertz CT molecular complexity index is 355. The number of aliphatic hydroxyl groups is 2. The molecule has 0 saturated carbocycles. The largest absolute Gasteiger partial charge is 0.394 e. The Labute approximate surface area is 95.5 Å². The molecule has 1 aliphatic heterocycles. The molecule has 1 aromatic heterocycles. The molecule has 0 radical (unpaired) electrons. The summed E-state index contributed by atoms with van der Waals surface area (Å²) >= 11 is 0. The standard InChI is InChI=1S/C12H18N2O2/c1-9(16)10-4-5-13-12(7-10)14-6-2-3-11(14)8-15/h4-5,7,9,11,15-16H,2-3,6,8H2,1H3/t9-,11?/m0/s1. The Hall–Kier alpha value is -1.13. The molecule has 1 unspecified atom stereocenters. The van der Waals surface area contributed by atoms with Gasteiger partial charge in [0.05, 0.1) is 18.8 Å². The minimum absolute atomic E-state index is 0.167. The Kier molecular flexibility index (Phi) is 3.41. The van der Waals surface area contributed by atoms with Gasteiger partial charge in [-0.2, -0.15) is 0 Å². The lowest BCUT2D eigenvalue weighted by molar-refractivity contribution is 0.199. The Balaban J connectivity index is 2.22. The molecule has 16 heavy (non-hydrogen) atoms. The van der Waals surface area contributed by atoms with Crippen LogP contribution >= 0.6 is 0 Å². The van der Waals surface area contributed by atoms with Crippen molar-refractivity contribution in [2.45, 2.75) is 31.9 Å². The lowest BCUT2D eigenvalue weighted by Gasteiger charge is -2.24. The van der Waals surface area contributed by atoms with Gasteiger partial charge >= 0.3 is 0 Å². The van der Waals surface area contributed by atoms with Crippen molar-refractivity contribution in [3.8, 4) is 0 Å². The first-order chi connectivity index (χ1) is 7.72. The van der Waals surface area contributed by atoms with E-state index in [1.54, 1.807) is 13.1 Å². The Morgan fingerprint density at radius 3 is 3.12 bits per heavy atom. The molecule has 0 bridgehead atoms.